The third-order valence-electron chi connectivity index (χ3n) is 2.64. The van der Waals surface area contributed by atoms with E-state index in [2.05, 4.69) is 54.0 Å². The van der Waals surface area contributed by atoms with Crippen molar-refractivity contribution in [2.45, 2.75) is 26.3 Å². The minimum atomic E-state index is 0.838. The van der Waals surface area contributed by atoms with E-state index in [-0.39, 0.29) is 0 Å². The third-order valence-corrected chi connectivity index (χ3v) is 2.64. The molecule has 0 atom stereocenters. The maximum Gasteiger partial charge on any atom is 0.128 e. The Labute approximate surface area is 105 Å². The van der Waals surface area contributed by atoms with Crippen molar-refractivity contribution in [1.29, 1.82) is 0 Å². The lowest BCUT2D eigenvalue weighted by molar-refractivity contribution is 0.707. The topological polar surface area (TPSA) is 28.2 Å². The molecule has 0 saturated heterocycles. The molecule has 0 aromatic carbocycles. The summed E-state index contributed by atoms with van der Waals surface area (Å²) in [6, 6.07) is 6.19. The van der Waals surface area contributed by atoms with E-state index in [9.17, 15) is 0 Å². The molecule has 0 aliphatic carbocycles. The Bertz CT molecular complexity index is 336. The van der Waals surface area contributed by atoms with Gasteiger partial charge in [0.2, 0.25) is 0 Å². The monoisotopic (exact) mass is 233 g/mol. The van der Waals surface area contributed by atoms with Crippen LogP contribution in [-0.4, -0.2) is 25.1 Å². The molecule has 3 nitrogen and oxygen atoms in total. The minimum Gasteiger partial charge on any atom is -0.360 e. The van der Waals surface area contributed by atoms with Crippen LogP contribution in [0.5, 0.6) is 0 Å². The van der Waals surface area contributed by atoms with Gasteiger partial charge in [0.15, 0.2) is 0 Å². The van der Waals surface area contributed by atoms with Gasteiger partial charge < -0.3 is 10.2 Å². The zero-order valence-electron chi connectivity index (χ0n) is 10.9. The van der Waals surface area contributed by atoms with Gasteiger partial charge in [-0.1, -0.05) is 19.1 Å². The summed E-state index contributed by atoms with van der Waals surface area (Å²) < 4.78 is 0. The average molecular weight is 233 g/mol. The first-order valence-corrected chi connectivity index (χ1v) is 6.26. The second-order valence-corrected chi connectivity index (χ2v) is 4.12. The highest BCUT2D eigenvalue weighted by Crippen LogP contribution is 2.10. The van der Waals surface area contributed by atoms with Crippen LogP contribution in [0.3, 0.4) is 0 Å². The normalized spacial score (nSPS) is 10.2. The Morgan fingerprint density at radius 2 is 2.29 bits per heavy atom. The van der Waals surface area contributed by atoms with E-state index < -0.39 is 0 Å². The molecule has 1 aromatic rings. The predicted octanol–water partition coefficient (Wildman–Crippen LogP) is 2.59. The van der Waals surface area contributed by atoms with Gasteiger partial charge in [-0.2, -0.15) is 0 Å². The molecule has 0 bridgehead atoms. The van der Waals surface area contributed by atoms with Gasteiger partial charge in [-0.3, -0.25) is 0 Å². The lowest BCUT2D eigenvalue weighted by atomic mass is 10.3. The number of nitrogens with zero attached hydrogens (tertiary/aromatic N) is 2. The van der Waals surface area contributed by atoms with Crippen molar-refractivity contribution in [2.24, 2.45) is 0 Å². The van der Waals surface area contributed by atoms with Crippen molar-refractivity contribution in [3.8, 4) is 0 Å². The maximum atomic E-state index is 4.63. The Balaban J connectivity index is 2.53. The largest absolute Gasteiger partial charge is 0.360 e. The molecule has 3 heteroatoms. The summed E-state index contributed by atoms with van der Waals surface area (Å²) >= 11 is 0. The number of unbranched alkanes of at least 4 members (excludes halogenated alkanes) is 1. The summed E-state index contributed by atoms with van der Waals surface area (Å²) in [5.74, 6) is 1.05. The summed E-state index contributed by atoms with van der Waals surface area (Å²) in [5.41, 5.74) is 1.10. The van der Waals surface area contributed by atoms with E-state index in [0.717, 1.165) is 44.0 Å². The van der Waals surface area contributed by atoms with Crippen LogP contribution in [0, 0.1) is 0 Å². The van der Waals surface area contributed by atoms with Gasteiger partial charge in [-0.15, -0.1) is 6.58 Å². The molecule has 0 aliphatic rings. The molecule has 0 radical (unpaired) electrons. The zero-order chi connectivity index (χ0) is 12.5. The lowest BCUT2D eigenvalue weighted by Gasteiger charge is -2.18. The van der Waals surface area contributed by atoms with Crippen LogP contribution in [0.1, 0.15) is 25.5 Å². The second-order valence-electron chi connectivity index (χ2n) is 4.12. The number of allylic oxidation sites excluding steroid dienone is 1. The molecular weight excluding hydrogens is 210 g/mol. The summed E-state index contributed by atoms with van der Waals surface area (Å²) in [5, 5.41) is 3.29. The highest BCUT2D eigenvalue weighted by Gasteiger charge is 2.02. The predicted molar refractivity (Wildman–Crippen MR) is 74.3 cm³/mol. The quantitative estimate of drug-likeness (QED) is 0.552. The Morgan fingerprint density at radius 3 is 3.00 bits per heavy atom. The van der Waals surface area contributed by atoms with E-state index in [1.54, 1.807) is 0 Å². The fourth-order valence-corrected chi connectivity index (χ4v) is 1.62. The molecule has 0 aliphatic heterocycles. The Hall–Kier alpha value is -1.35. The van der Waals surface area contributed by atoms with E-state index in [1.807, 2.05) is 6.08 Å². The molecule has 0 amide bonds. The smallest absolute Gasteiger partial charge is 0.128 e. The van der Waals surface area contributed by atoms with Crippen LogP contribution >= 0.6 is 0 Å². The molecule has 1 N–H and O–H groups in total. The molecule has 0 spiro atoms. The number of aromatic nitrogens is 1. The summed E-state index contributed by atoms with van der Waals surface area (Å²) in [4.78, 5) is 6.82. The van der Waals surface area contributed by atoms with Crippen molar-refractivity contribution in [2.75, 3.05) is 25.0 Å². The molecule has 0 unspecified atom stereocenters. The summed E-state index contributed by atoms with van der Waals surface area (Å²) in [6.07, 6.45) is 4.14. The van der Waals surface area contributed by atoms with Gasteiger partial charge in [0.05, 0.1) is 5.69 Å². The molecule has 0 fully saturated rings. The van der Waals surface area contributed by atoms with Crippen LogP contribution in [0.15, 0.2) is 30.9 Å². The highest BCUT2D eigenvalue weighted by atomic mass is 15.2. The fourth-order valence-electron chi connectivity index (χ4n) is 1.62. The average Bonchev–Trinajstić information content (AvgIpc) is 2.37. The zero-order valence-corrected chi connectivity index (χ0v) is 10.9. The third kappa shape index (κ3) is 5.00. The van der Waals surface area contributed by atoms with E-state index in [4.69, 9.17) is 0 Å². The molecule has 1 aromatic heterocycles. The van der Waals surface area contributed by atoms with Gasteiger partial charge in [0.1, 0.15) is 5.82 Å². The van der Waals surface area contributed by atoms with Crippen molar-refractivity contribution in [3.63, 3.8) is 0 Å². The van der Waals surface area contributed by atoms with Crippen LogP contribution in [0.4, 0.5) is 5.82 Å². The minimum absolute atomic E-state index is 0.838. The first-order valence-electron chi connectivity index (χ1n) is 6.26. The standard InChI is InChI=1S/C14H23N3/c1-4-6-7-11-17(3)14-10-8-9-13(16-14)12-15-5-2/h4,8-10,15H,1,5-7,11-12H2,2-3H3. The van der Waals surface area contributed by atoms with Gasteiger partial charge in [0, 0.05) is 20.1 Å². The van der Waals surface area contributed by atoms with Crippen molar-refractivity contribution >= 4 is 5.82 Å². The van der Waals surface area contributed by atoms with E-state index >= 15 is 0 Å². The summed E-state index contributed by atoms with van der Waals surface area (Å²) in [7, 11) is 2.09. The maximum absolute atomic E-state index is 4.63. The van der Waals surface area contributed by atoms with Gasteiger partial charge >= 0.3 is 0 Å². The number of hydrogen-bond acceptors (Lipinski definition) is 3. The number of hydrogen-bond donors (Lipinski definition) is 1. The van der Waals surface area contributed by atoms with Gasteiger partial charge in [0.25, 0.3) is 0 Å². The van der Waals surface area contributed by atoms with Crippen LogP contribution < -0.4 is 10.2 Å². The molecule has 1 rings (SSSR count). The Morgan fingerprint density at radius 1 is 1.47 bits per heavy atom. The Kier molecular flexibility index (Phi) is 6.33. The molecule has 0 saturated carbocycles. The van der Waals surface area contributed by atoms with Crippen LogP contribution in [-0.2, 0) is 6.54 Å². The SMILES string of the molecule is C=CCCCN(C)c1cccc(CNCC)n1. The fraction of sp³-hybridized carbons (Fsp3) is 0.500. The number of nitrogens with one attached hydrogen (secondary N) is 1. The lowest BCUT2D eigenvalue weighted by Crippen LogP contribution is -2.20. The molecule has 94 valence electrons. The molecule has 1 heterocycles. The first kappa shape index (κ1) is 13.7. The number of pyridine rings is 1. The van der Waals surface area contributed by atoms with Crippen molar-refractivity contribution < 1.29 is 0 Å². The van der Waals surface area contributed by atoms with Gasteiger partial charge in [-0.25, -0.2) is 4.98 Å². The molecule has 17 heavy (non-hydrogen) atoms. The first-order chi connectivity index (χ1) is 8.27. The second kappa shape index (κ2) is 7.85. The van der Waals surface area contributed by atoms with Crippen molar-refractivity contribution in [1.82, 2.24) is 10.3 Å². The highest BCUT2D eigenvalue weighted by molar-refractivity contribution is 5.38. The van der Waals surface area contributed by atoms with Crippen LogP contribution in [0.2, 0.25) is 0 Å². The number of anilines is 1. The molecular formula is C14H23N3. The van der Waals surface area contributed by atoms with Gasteiger partial charge in [-0.05, 0) is 31.5 Å². The number of rotatable bonds is 8. The van der Waals surface area contributed by atoms with Crippen LogP contribution in [0.25, 0.3) is 0 Å². The van der Waals surface area contributed by atoms with E-state index in [1.165, 1.54) is 0 Å². The van der Waals surface area contributed by atoms with Crippen molar-refractivity contribution in [3.05, 3.63) is 36.5 Å². The summed E-state index contributed by atoms with van der Waals surface area (Å²) in [6.45, 7) is 8.67. The van der Waals surface area contributed by atoms with E-state index in [0.29, 0.717) is 0 Å².